The van der Waals surface area contributed by atoms with E-state index in [0.29, 0.717) is 28.3 Å². The Morgan fingerprint density at radius 1 is 0.964 bits per heavy atom. The Labute approximate surface area is 157 Å². The number of fused-ring (bicyclic) bond motifs is 1. The van der Waals surface area contributed by atoms with Crippen LogP contribution in [-0.2, 0) is 6.18 Å². The molecule has 0 fully saturated rings. The lowest BCUT2D eigenvalue weighted by Crippen LogP contribution is -2.11. The predicted molar refractivity (Wildman–Crippen MR) is 95.2 cm³/mol. The maximum atomic E-state index is 12.8. The zero-order valence-corrected chi connectivity index (χ0v) is 14.3. The van der Waals surface area contributed by atoms with Gasteiger partial charge in [-0.15, -0.1) is 0 Å². The molecular weight excluding hydrogens is 373 g/mol. The summed E-state index contributed by atoms with van der Waals surface area (Å²) in [5.74, 6) is 0.794. The molecule has 2 aromatic carbocycles. The first-order chi connectivity index (χ1) is 13.4. The number of rotatable bonds is 3. The number of carbonyl (C=O) groups is 1. The van der Waals surface area contributed by atoms with Crippen molar-refractivity contribution >= 4 is 11.6 Å². The lowest BCUT2D eigenvalue weighted by atomic mass is 10.1. The fourth-order valence-electron chi connectivity index (χ4n) is 2.73. The molecule has 0 saturated heterocycles. The topological polar surface area (TPSA) is 60.5 Å². The van der Waals surface area contributed by atoms with Gasteiger partial charge in [0, 0.05) is 29.1 Å². The number of hydrogen-bond donors (Lipinski definition) is 1. The molecule has 0 bridgehead atoms. The van der Waals surface area contributed by atoms with Gasteiger partial charge in [-0.25, -0.2) is 0 Å². The van der Waals surface area contributed by atoms with Gasteiger partial charge in [0.1, 0.15) is 0 Å². The number of nitrogens with one attached hydrogen (secondary N) is 1. The predicted octanol–water partition coefficient (Wildman–Crippen LogP) is 4.75. The summed E-state index contributed by atoms with van der Waals surface area (Å²) in [4.78, 5) is 16.4. The summed E-state index contributed by atoms with van der Waals surface area (Å²) in [7, 11) is 0. The molecule has 1 N–H and O–H groups in total. The summed E-state index contributed by atoms with van der Waals surface area (Å²) in [6.45, 7) is 0.137. The van der Waals surface area contributed by atoms with Gasteiger partial charge in [0.15, 0.2) is 11.5 Å². The average Bonchev–Trinajstić information content (AvgIpc) is 3.15. The average molecular weight is 386 g/mol. The number of nitrogens with zero attached hydrogens (tertiary/aromatic N) is 1. The number of carbonyl (C=O) groups excluding carboxylic acids is 1. The second-order valence-corrected chi connectivity index (χ2v) is 6.03. The zero-order valence-electron chi connectivity index (χ0n) is 14.3. The molecule has 0 unspecified atom stereocenters. The van der Waals surface area contributed by atoms with Crippen molar-refractivity contribution < 1.29 is 27.4 Å². The van der Waals surface area contributed by atoms with Crippen LogP contribution in [0.25, 0.3) is 11.3 Å². The lowest BCUT2D eigenvalue weighted by molar-refractivity contribution is -0.137. The van der Waals surface area contributed by atoms with Crippen molar-refractivity contribution in [3.8, 4) is 22.8 Å². The first-order valence-electron chi connectivity index (χ1n) is 8.25. The Morgan fingerprint density at radius 2 is 1.71 bits per heavy atom. The van der Waals surface area contributed by atoms with E-state index >= 15 is 0 Å². The highest BCUT2D eigenvalue weighted by Gasteiger charge is 2.30. The van der Waals surface area contributed by atoms with Crippen LogP contribution in [0.2, 0.25) is 0 Å². The number of ether oxygens (including phenoxy) is 2. The smallest absolute Gasteiger partial charge is 0.416 e. The monoisotopic (exact) mass is 386 g/mol. The highest BCUT2D eigenvalue weighted by molar-refractivity contribution is 6.04. The van der Waals surface area contributed by atoms with E-state index in [0.717, 1.165) is 18.3 Å². The molecule has 0 aliphatic carbocycles. The van der Waals surface area contributed by atoms with Crippen LogP contribution in [-0.4, -0.2) is 17.7 Å². The molecule has 8 heteroatoms. The molecule has 28 heavy (non-hydrogen) atoms. The van der Waals surface area contributed by atoms with Gasteiger partial charge < -0.3 is 14.8 Å². The minimum atomic E-state index is -4.44. The van der Waals surface area contributed by atoms with Crippen LogP contribution in [0.4, 0.5) is 18.9 Å². The van der Waals surface area contributed by atoms with Gasteiger partial charge in [0.2, 0.25) is 6.79 Å². The van der Waals surface area contributed by atoms with Crippen molar-refractivity contribution in [3.63, 3.8) is 0 Å². The molecule has 0 radical (unpaired) electrons. The van der Waals surface area contributed by atoms with Gasteiger partial charge in [-0.3, -0.25) is 9.78 Å². The largest absolute Gasteiger partial charge is 0.454 e. The lowest BCUT2D eigenvalue weighted by Gasteiger charge is -2.09. The molecule has 0 spiro atoms. The molecule has 142 valence electrons. The number of amides is 1. The molecule has 1 aliphatic heterocycles. The van der Waals surface area contributed by atoms with E-state index in [4.69, 9.17) is 9.47 Å². The Morgan fingerprint density at radius 3 is 2.46 bits per heavy atom. The molecule has 3 aromatic rings. The SMILES string of the molecule is O=C(Nc1ccc2c(c1)OCO2)c1ccc(-c2cc(C(F)(F)F)ccn2)cc1. The summed E-state index contributed by atoms with van der Waals surface area (Å²) in [5.41, 5.74) is 0.775. The summed E-state index contributed by atoms with van der Waals surface area (Å²) in [6, 6.07) is 13.1. The minimum absolute atomic E-state index is 0.137. The van der Waals surface area contributed by atoms with E-state index in [1.165, 1.54) is 12.1 Å². The van der Waals surface area contributed by atoms with E-state index in [2.05, 4.69) is 10.3 Å². The third-order valence-electron chi connectivity index (χ3n) is 4.16. The van der Waals surface area contributed by atoms with E-state index in [9.17, 15) is 18.0 Å². The van der Waals surface area contributed by atoms with Crippen LogP contribution in [0.15, 0.2) is 60.8 Å². The van der Waals surface area contributed by atoms with Gasteiger partial charge in [-0.2, -0.15) is 13.2 Å². The maximum absolute atomic E-state index is 12.8. The van der Waals surface area contributed by atoms with Gasteiger partial charge in [-0.1, -0.05) is 12.1 Å². The summed E-state index contributed by atoms with van der Waals surface area (Å²) >= 11 is 0. The molecule has 0 saturated carbocycles. The Kier molecular flexibility index (Phi) is 4.38. The molecule has 1 aliphatic rings. The van der Waals surface area contributed by atoms with Crippen LogP contribution in [0.5, 0.6) is 11.5 Å². The van der Waals surface area contributed by atoms with Gasteiger partial charge in [-0.05, 0) is 36.4 Å². The number of benzene rings is 2. The van der Waals surface area contributed by atoms with Crippen LogP contribution in [0.3, 0.4) is 0 Å². The van der Waals surface area contributed by atoms with Crippen molar-refractivity contribution in [2.75, 3.05) is 12.1 Å². The molecule has 5 nitrogen and oxygen atoms in total. The zero-order chi connectivity index (χ0) is 19.7. The van der Waals surface area contributed by atoms with Gasteiger partial charge in [0.05, 0.1) is 11.3 Å². The molecule has 1 amide bonds. The first-order valence-corrected chi connectivity index (χ1v) is 8.25. The van der Waals surface area contributed by atoms with Crippen LogP contribution in [0.1, 0.15) is 15.9 Å². The highest BCUT2D eigenvalue weighted by Crippen LogP contribution is 2.34. The Balaban J connectivity index is 1.51. The van der Waals surface area contributed by atoms with E-state index < -0.39 is 11.7 Å². The summed E-state index contributed by atoms with van der Waals surface area (Å²) in [5, 5.41) is 2.74. The van der Waals surface area contributed by atoms with E-state index in [1.807, 2.05) is 0 Å². The fourth-order valence-corrected chi connectivity index (χ4v) is 2.73. The Bertz CT molecular complexity index is 1030. The highest BCUT2D eigenvalue weighted by atomic mass is 19.4. The molecular formula is C20H13F3N2O3. The van der Waals surface area contributed by atoms with Crippen molar-refractivity contribution in [3.05, 3.63) is 71.9 Å². The number of pyridine rings is 1. The Hall–Kier alpha value is -3.55. The third-order valence-corrected chi connectivity index (χ3v) is 4.16. The third kappa shape index (κ3) is 3.62. The molecule has 2 heterocycles. The van der Waals surface area contributed by atoms with Crippen LogP contribution >= 0.6 is 0 Å². The van der Waals surface area contributed by atoms with Crippen LogP contribution in [0, 0.1) is 0 Å². The number of anilines is 1. The second-order valence-electron chi connectivity index (χ2n) is 6.03. The van der Waals surface area contributed by atoms with Gasteiger partial charge >= 0.3 is 6.18 Å². The minimum Gasteiger partial charge on any atom is -0.454 e. The summed E-state index contributed by atoms with van der Waals surface area (Å²) < 4.78 is 49.0. The van der Waals surface area contributed by atoms with Crippen molar-refractivity contribution in [1.82, 2.24) is 4.98 Å². The fraction of sp³-hybridized carbons (Fsp3) is 0.100. The number of alkyl halides is 3. The normalized spacial score (nSPS) is 12.7. The molecule has 4 rings (SSSR count). The quantitative estimate of drug-likeness (QED) is 0.706. The van der Waals surface area contributed by atoms with E-state index in [1.54, 1.807) is 30.3 Å². The number of hydrogen-bond acceptors (Lipinski definition) is 4. The van der Waals surface area contributed by atoms with Crippen molar-refractivity contribution in [2.24, 2.45) is 0 Å². The second kappa shape index (κ2) is 6.88. The van der Waals surface area contributed by atoms with E-state index in [-0.39, 0.29) is 18.4 Å². The van der Waals surface area contributed by atoms with Crippen molar-refractivity contribution in [2.45, 2.75) is 6.18 Å². The number of halogens is 3. The molecule has 0 atom stereocenters. The summed E-state index contributed by atoms with van der Waals surface area (Å²) in [6.07, 6.45) is -3.33. The number of aromatic nitrogens is 1. The van der Waals surface area contributed by atoms with Gasteiger partial charge in [0.25, 0.3) is 5.91 Å². The standard InChI is InChI=1S/C20H13F3N2O3/c21-20(22,23)14-7-8-24-16(9-14)12-1-3-13(4-2-12)19(26)25-15-5-6-17-18(10-15)28-11-27-17/h1-10H,11H2,(H,25,26). The van der Waals surface area contributed by atoms with Crippen LogP contribution < -0.4 is 14.8 Å². The first kappa shape index (κ1) is 17.8. The molecule has 1 aromatic heterocycles. The maximum Gasteiger partial charge on any atom is 0.416 e. The van der Waals surface area contributed by atoms with Crippen molar-refractivity contribution in [1.29, 1.82) is 0 Å².